The highest BCUT2D eigenvalue weighted by atomic mass is 16.7. The van der Waals surface area contributed by atoms with Gasteiger partial charge in [-0.25, -0.2) is 0 Å². The largest absolute Gasteiger partial charge is 0.489 e. The minimum atomic E-state index is 0.502. The number of para-hydroxylation sites is 1. The van der Waals surface area contributed by atoms with Gasteiger partial charge in [0, 0.05) is 19.2 Å². The van der Waals surface area contributed by atoms with Crippen molar-refractivity contribution in [1.29, 1.82) is 0 Å². The molecule has 1 N–H and O–H groups in total. The quantitative estimate of drug-likeness (QED) is 0.404. The van der Waals surface area contributed by atoms with Gasteiger partial charge in [-0.1, -0.05) is 30.9 Å². The summed E-state index contributed by atoms with van der Waals surface area (Å²) in [5.41, 5.74) is 3.92. The summed E-state index contributed by atoms with van der Waals surface area (Å²) in [6, 6.07) is 7.82. The SMILES string of the molecule is C=CCOc1ccccc1CNOCCOC. The van der Waals surface area contributed by atoms with E-state index in [1.54, 1.807) is 13.2 Å². The molecule has 0 radical (unpaired) electrons. The molecule has 0 saturated heterocycles. The molecule has 0 saturated carbocycles. The van der Waals surface area contributed by atoms with Crippen LogP contribution in [-0.2, 0) is 16.1 Å². The van der Waals surface area contributed by atoms with Crippen LogP contribution in [0.5, 0.6) is 5.75 Å². The third-order valence-corrected chi connectivity index (χ3v) is 2.08. The molecule has 4 heteroatoms. The van der Waals surface area contributed by atoms with Crippen LogP contribution < -0.4 is 10.2 Å². The number of nitrogens with one attached hydrogen (secondary N) is 1. The van der Waals surface area contributed by atoms with Gasteiger partial charge in [0.25, 0.3) is 0 Å². The van der Waals surface area contributed by atoms with Crippen molar-refractivity contribution in [3.63, 3.8) is 0 Å². The van der Waals surface area contributed by atoms with Crippen molar-refractivity contribution < 1.29 is 14.3 Å². The molecule has 17 heavy (non-hydrogen) atoms. The molecule has 0 aliphatic carbocycles. The maximum absolute atomic E-state index is 5.53. The van der Waals surface area contributed by atoms with Gasteiger partial charge in [0.15, 0.2) is 0 Å². The maximum Gasteiger partial charge on any atom is 0.124 e. The second-order valence-electron chi connectivity index (χ2n) is 3.37. The van der Waals surface area contributed by atoms with E-state index in [1.807, 2.05) is 24.3 Å². The predicted octanol–water partition coefficient (Wildman–Crippen LogP) is 1.92. The summed E-state index contributed by atoms with van der Waals surface area (Å²) in [7, 11) is 1.64. The Labute approximate surface area is 102 Å². The number of hydroxylamine groups is 1. The van der Waals surface area contributed by atoms with E-state index in [0.29, 0.717) is 26.4 Å². The first kappa shape index (κ1) is 13.7. The molecule has 0 amide bonds. The molecule has 0 aromatic heterocycles. The normalized spacial score (nSPS) is 10.2. The molecular weight excluding hydrogens is 218 g/mol. The minimum absolute atomic E-state index is 0.502. The summed E-state index contributed by atoms with van der Waals surface area (Å²) in [4.78, 5) is 5.19. The Morgan fingerprint density at radius 1 is 1.29 bits per heavy atom. The van der Waals surface area contributed by atoms with Gasteiger partial charge in [-0.3, -0.25) is 4.84 Å². The molecule has 0 aliphatic heterocycles. The topological polar surface area (TPSA) is 39.7 Å². The van der Waals surface area contributed by atoms with Crippen LogP contribution in [0.4, 0.5) is 0 Å². The first-order valence-corrected chi connectivity index (χ1v) is 5.53. The fourth-order valence-electron chi connectivity index (χ4n) is 1.27. The molecule has 0 atom stereocenters. The van der Waals surface area contributed by atoms with Crippen LogP contribution in [0.25, 0.3) is 0 Å². The third-order valence-electron chi connectivity index (χ3n) is 2.08. The zero-order valence-corrected chi connectivity index (χ0v) is 10.1. The van der Waals surface area contributed by atoms with Gasteiger partial charge in [0.05, 0.1) is 13.2 Å². The summed E-state index contributed by atoms with van der Waals surface area (Å²) in [5, 5.41) is 0. The average Bonchev–Trinajstić information content (AvgIpc) is 2.37. The second kappa shape index (κ2) is 8.75. The summed E-state index contributed by atoms with van der Waals surface area (Å²) < 4.78 is 10.4. The Morgan fingerprint density at radius 3 is 2.88 bits per heavy atom. The van der Waals surface area contributed by atoms with Gasteiger partial charge in [0.2, 0.25) is 0 Å². The highest BCUT2D eigenvalue weighted by molar-refractivity contribution is 5.33. The number of methoxy groups -OCH3 is 1. The van der Waals surface area contributed by atoms with Gasteiger partial charge >= 0.3 is 0 Å². The van der Waals surface area contributed by atoms with Crippen LogP contribution in [0.15, 0.2) is 36.9 Å². The first-order valence-electron chi connectivity index (χ1n) is 5.53. The van der Waals surface area contributed by atoms with E-state index in [1.165, 1.54) is 0 Å². The van der Waals surface area contributed by atoms with E-state index in [4.69, 9.17) is 14.3 Å². The Balaban J connectivity index is 2.37. The van der Waals surface area contributed by atoms with E-state index >= 15 is 0 Å². The zero-order chi connectivity index (χ0) is 12.3. The molecule has 4 nitrogen and oxygen atoms in total. The van der Waals surface area contributed by atoms with E-state index in [2.05, 4.69) is 12.1 Å². The second-order valence-corrected chi connectivity index (χ2v) is 3.37. The van der Waals surface area contributed by atoms with Crippen molar-refractivity contribution in [1.82, 2.24) is 5.48 Å². The molecule has 0 spiro atoms. The minimum Gasteiger partial charge on any atom is -0.489 e. The monoisotopic (exact) mass is 237 g/mol. The molecular formula is C13H19NO3. The highest BCUT2D eigenvalue weighted by Gasteiger charge is 2.01. The van der Waals surface area contributed by atoms with E-state index in [9.17, 15) is 0 Å². The Morgan fingerprint density at radius 2 is 2.12 bits per heavy atom. The lowest BCUT2D eigenvalue weighted by molar-refractivity contribution is 0.00319. The predicted molar refractivity (Wildman–Crippen MR) is 66.8 cm³/mol. The number of benzene rings is 1. The Kier molecular flexibility index (Phi) is 7.06. The van der Waals surface area contributed by atoms with Crippen molar-refractivity contribution >= 4 is 0 Å². The van der Waals surface area contributed by atoms with Crippen molar-refractivity contribution in [3.8, 4) is 5.75 Å². The number of ether oxygens (including phenoxy) is 2. The van der Waals surface area contributed by atoms with Crippen LogP contribution in [-0.4, -0.2) is 26.9 Å². The maximum atomic E-state index is 5.53. The Hall–Kier alpha value is -1.36. The summed E-state index contributed by atoms with van der Waals surface area (Å²) >= 11 is 0. The molecule has 0 bridgehead atoms. The average molecular weight is 237 g/mol. The standard InChI is InChI=1S/C13H19NO3/c1-3-8-16-13-7-5-4-6-12(13)11-14-17-10-9-15-2/h3-7,14H,1,8-11H2,2H3. The fourth-order valence-corrected chi connectivity index (χ4v) is 1.27. The molecule has 0 heterocycles. The van der Waals surface area contributed by atoms with Crippen LogP contribution in [0.3, 0.4) is 0 Å². The van der Waals surface area contributed by atoms with E-state index in [-0.39, 0.29) is 0 Å². The van der Waals surface area contributed by atoms with Gasteiger partial charge in [-0.05, 0) is 6.07 Å². The van der Waals surface area contributed by atoms with E-state index < -0.39 is 0 Å². The summed E-state index contributed by atoms with van der Waals surface area (Å²) in [6.07, 6.45) is 1.72. The van der Waals surface area contributed by atoms with Crippen LogP contribution in [0, 0.1) is 0 Å². The molecule has 1 rings (SSSR count). The lowest BCUT2D eigenvalue weighted by atomic mass is 10.2. The molecule has 1 aromatic rings. The van der Waals surface area contributed by atoms with Gasteiger partial charge in [-0.2, -0.15) is 5.48 Å². The fraction of sp³-hybridized carbons (Fsp3) is 0.385. The zero-order valence-electron chi connectivity index (χ0n) is 10.1. The lowest BCUT2D eigenvalue weighted by Crippen LogP contribution is -2.17. The first-order chi connectivity index (χ1) is 8.38. The van der Waals surface area contributed by atoms with Crippen LogP contribution in [0.2, 0.25) is 0 Å². The number of rotatable bonds is 9. The summed E-state index contributed by atoms with van der Waals surface area (Å²) in [5.74, 6) is 0.843. The van der Waals surface area contributed by atoms with Crippen molar-refractivity contribution in [2.45, 2.75) is 6.54 Å². The number of hydrogen-bond acceptors (Lipinski definition) is 4. The molecule has 0 fully saturated rings. The Bertz CT molecular complexity index is 328. The van der Waals surface area contributed by atoms with Crippen LogP contribution >= 0.6 is 0 Å². The molecule has 0 aliphatic rings. The van der Waals surface area contributed by atoms with Crippen molar-refractivity contribution in [2.24, 2.45) is 0 Å². The van der Waals surface area contributed by atoms with Gasteiger partial charge in [-0.15, -0.1) is 0 Å². The molecule has 0 unspecified atom stereocenters. The smallest absolute Gasteiger partial charge is 0.124 e. The van der Waals surface area contributed by atoms with Crippen molar-refractivity contribution in [3.05, 3.63) is 42.5 Å². The van der Waals surface area contributed by atoms with Crippen LogP contribution in [0.1, 0.15) is 5.56 Å². The number of hydrogen-bond donors (Lipinski definition) is 1. The lowest BCUT2D eigenvalue weighted by Gasteiger charge is -2.10. The van der Waals surface area contributed by atoms with Gasteiger partial charge in [0.1, 0.15) is 12.4 Å². The highest BCUT2D eigenvalue weighted by Crippen LogP contribution is 2.17. The third kappa shape index (κ3) is 5.49. The van der Waals surface area contributed by atoms with E-state index in [0.717, 1.165) is 11.3 Å². The summed E-state index contributed by atoms with van der Waals surface area (Å²) in [6.45, 7) is 5.81. The molecule has 1 aromatic carbocycles. The van der Waals surface area contributed by atoms with Crippen molar-refractivity contribution in [2.75, 3.05) is 26.9 Å². The molecule has 94 valence electrons. The van der Waals surface area contributed by atoms with Gasteiger partial charge < -0.3 is 9.47 Å².